The van der Waals surface area contributed by atoms with Gasteiger partial charge < -0.3 is 15.0 Å². The van der Waals surface area contributed by atoms with Crippen LogP contribution in [-0.2, 0) is 12.8 Å². The summed E-state index contributed by atoms with van der Waals surface area (Å²) in [7, 11) is 3.26. The van der Waals surface area contributed by atoms with E-state index in [1.807, 2.05) is 6.08 Å². The number of halogens is 1. The number of carbonyl (C=O) groups excluding carboxylic acids is 1. The number of carbonyl (C=O) groups is 1. The number of hydrogen-bond donors (Lipinski definition) is 1. The number of Topliss-reactive ketones (excluding diaryl/α,β-unsaturated/α-hetero) is 1. The molecule has 0 amide bonds. The number of piperidine rings is 1. The fraction of sp³-hybridized carbons (Fsp3) is 0.481. The first-order valence-electron chi connectivity index (χ1n) is 12.2. The van der Waals surface area contributed by atoms with Gasteiger partial charge in [0.15, 0.2) is 5.78 Å². The lowest BCUT2D eigenvalue weighted by Crippen LogP contribution is -2.38. The number of nitriles is 1. The Morgan fingerprint density at radius 3 is 2.69 bits per heavy atom. The minimum atomic E-state index is -0.547. The molecule has 0 bridgehead atoms. The van der Waals surface area contributed by atoms with Crippen LogP contribution in [0, 0.1) is 23.1 Å². The van der Waals surface area contributed by atoms with Crippen LogP contribution < -0.4 is 10.1 Å². The summed E-state index contributed by atoms with van der Waals surface area (Å²) in [5, 5.41) is 12.4. The predicted molar refractivity (Wildman–Crippen MR) is 133 cm³/mol. The van der Waals surface area contributed by atoms with Gasteiger partial charge in [-0.25, -0.2) is 14.4 Å². The van der Waals surface area contributed by atoms with Crippen molar-refractivity contribution in [2.24, 2.45) is 5.92 Å². The highest BCUT2D eigenvalue weighted by Crippen LogP contribution is 2.33. The zero-order valence-corrected chi connectivity index (χ0v) is 20.8. The number of fused-ring (bicyclic) bond motifs is 1. The number of hydrogen-bond acceptors (Lipinski definition) is 7. The van der Waals surface area contributed by atoms with E-state index < -0.39 is 5.82 Å². The SMILES string of the molecule is CNc1nc(Cc2cc(F)c(C(=O)CC3CCN(C(C)C)CC3)cc2OC)nc2c1C(C#N)=CC2. The monoisotopic (exact) mass is 477 g/mol. The molecule has 2 heterocycles. The Morgan fingerprint density at radius 2 is 2.06 bits per heavy atom. The van der Waals surface area contributed by atoms with Crippen LogP contribution in [0.25, 0.3) is 5.57 Å². The quantitative estimate of drug-likeness (QED) is 0.563. The Hall–Kier alpha value is -3.31. The molecule has 1 N–H and O–H groups in total. The predicted octanol–water partition coefficient (Wildman–Crippen LogP) is 4.41. The molecule has 0 saturated carbocycles. The van der Waals surface area contributed by atoms with E-state index in [1.54, 1.807) is 7.05 Å². The zero-order chi connectivity index (χ0) is 25.1. The largest absolute Gasteiger partial charge is 0.496 e. The minimum Gasteiger partial charge on any atom is -0.496 e. The first-order valence-corrected chi connectivity index (χ1v) is 12.2. The van der Waals surface area contributed by atoms with Crippen molar-refractivity contribution in [2.45, 2.75) is 52.0 Å². The highest BCUT2D eigenvalue weighted by Gasteiger charge is 2.26. The van der Waals surface area contributed by atoms with Gasteiger partial charge in [0.05, 0.1) is 35.6 Å². The van der Waals surface area contributed by atoms with Crippen LogP contribution in [-0.4, -0.2) is 53.9 Å². The lowest BCUT2D eigenvalue weighted by molar-refractivity contribution is 0.0908. The normalized spacial score (nSPS) is 16.1. The molecule has 7 nitrogen and oxygen atoms in total. The summed E-state index contributed by atoms with van der Waals surface area (Å²) in [6.45, 7) is 6.31. The van der Waals surface area contributed by atoms with E-state index in [1.165, 1.54) is 19.2 Å². The molecule has 2 aromatic rings. The molecule has 1 saturated heterocycles. The average Bonchev–Trinajstić information content (AvgIpc) is 3.27. The maximum Gasteiger partial charge on any atom is 0.166 e. The van der Waals surface area contributed by atoms with Gasteiger partial charge in [-0.2, -0.15) is 5.26 Å². The number of allylic oxidation sites excluding steroid dienone is 2. The number of nitrogens with zero attached hydrogens (tertiary/aromatic N) is 4. The zero-order valence-electron chi connectivity index (χ0n) is 20.8. The molecule has 0 unspecified atom stereocenters. The second-order valence-corrected chi connectivity index (χ2v) is 9.51. The Balaban J connectivity index is 1.52. The minimum absolute atomic E-state index is 0.0746. The van der Waals surface area contributed by atoms with Crippen molar-refractivity contribution in [3.63, 3.8) is 0 Å². The number of likely N-dealkylation sites (tertiary alicyclic amines) is 1. The van der Waals surface area contributed by atoms with Gasteiger partial charge >= 0.3 is 0 Å². The van der Waals surface area contributed by atoms with Crippen molar-refractivity contribution < 1.29 is 13.9 Å². The second kappa shape index (κ2) is 10.5. The Bertz CT molecular complexity index is 1190. The standard InChI is InChI=1S/C27H32FN5O2/c1-16(2)33-9-7-17(8-10-33)11-23(34)20-14-24(35-4)19(12-21(20)28)13-25-31-22-6-5-18(15-29)26(22)27(30-3)32-25/h5,12,14,16-17H,6-11,13H2,1-4H3,(H,30,31,32). The molecule has 0 radical (unpaired) electrons. The summed E-state index contributed by atoms with van der Waals surface area (Å²) < 4.78 is 20.6. The molecule has 1 aliphatic heterocycles. The molecular weight excluding hydrogens is 445 g/mol. The van der Waals surface area contributed by atoms with Gasteiger partial charge in [0.1, 0.15) is 23.2 Å². The third-order valence-corrected chi connectivity index (χ3v) is 7.03. The van der Waals surface area contributed by atoms with Crippen LogP contribution in [0.3, 0.4) is 0 Å². The molecule has 184 valence electrons. The van der Waals surface area contributed by atoms with Gasteiger partial charge in [-0.1, -0.05) is 6.08 Å². The number of rotatable bonds is 8. The van der Waals surface area contributed by atoms with Gasteiger partial charge in [-0.05, 0) is 57.8 Å². The van der Waals surface area contributed by atoms with Crippen LogP contribution in [0.15, 0.2) is 18.2 Å². The van der Waals surface area contributed by atoms with E-state index in [0.717, 1.165) is 37.2 Å². The summed E-state index contributed by atoms with van der Waals surface area (Å²) in [4.78, 5) is 24.6. The molecule has 2 aliphatic rings. The van der Waals surface area contributed by atoms with Crippen molar-refractivity contribution in [1.82, 2.24) is 14.9 Å². The molecule has 4 rings (SSSR count). The summed E-state index contributed by atoms with van der Waals surface area (Å²) in [6.07, 6.45) is 4.87. The van der Waals surface area contributed by atoms with Crippen LogP contribution in [0.1, 0.15) is 66.1 Å². The van der Waals surface area contributed by atoms with Gasteiger partial charge in [-0.3, -0.25) is 4.79 Å². The van der Waals surface area contributed by atoms with Crippen LogP contribution >= 0.6 is 0 Å². The second-order valence-electron chi connectivity index (χ2n) is 9.51. The smallest absolute Gasteiger partial charge is 0.166 e. The lowest BCUT2D eigenvalue weighted by atomic mass is 9.89. The van der Waals surface area contributed by atoms with Crippen LogP contribution in [0.2, 0.25) is 0 Å². The van der Waals surface area contributed by atoms with Crippen molar-refractivity contribution in [2.75, 3.05) is 32.6 Å². The summed E-state index contributed by atoms with van der Waals surface area (Å²) in [5.74, 6) is 1.05. The first kappa shape index (κ1) is 24.8. The van der Waals surface area contributed by atoms with E-state index >= 15 is 4.39 Å². The van der Waals surface area contributed by atoms with Crippen LogP contribution in [0.4, 0.5) is 10.2 Å². The van der Waals surface area contributed by atoms with Gasteiger partial charge in [0.2, 0.25) is 0 Å². The highest BCUT2D eigenvalue weighted by molar-refractivity contribution is 5.97. The van der Waals surface area contributed by atoms with Gasteiger partial charge in [-0.15, -0.1) is 0 Å². The molecule has 1 aromatic carbocycles. The number of methoxy groups -OCH3 is 1. The van der Waals surface area contributed by atoms with E-state index in [-0.39, 0.29) is 23.7 Å². The molecule has 8 heteroatoms. The number of ether oxygens (including phenoxy) is 1. The number of aromatic nitrogens is 2. The first-order chi connectivity index (χ1) is 16.8. The third kappa shape index (κ3) is 5.20. The van der Waals surface area contributed by atoms with Gasteiger partial charge in [0, 0.05) is 37.9 Å². The fourth-order valence-electron chi connectivity index (χ4n) is 5.00. The van der Waals surface area contributed by atoms with Gasteiger partial charge in [0.25, 0.3) is 0 Å². The van der Waals surface area contributed by atoms with Crippen molar-refractivity contribution in [3.05, 3.63) is 52.2 Å². The Labute approximate surface area is 206 Å². The molecule has 1 aromatic heterocycles. The maximum atomic E-state index is 15.1. The maximum absolute atomic E-state index is 15.1. The number of nitrogens with one attached hydrogen (secondary N) is 1. The molecular formula is C27H32FN5O2. The highest BCUT2D eigenvalue weighted by atomic mass is 19.1. The summed E-state index contributed by atoms with van der Waals surface area (Å²) >= 11 is 0. The molecule has 35 heavy (non-hydrogen) atoms. The topological polar surface area (TPSA) is 91.1 Å². The van der Waals surface area contributed by atoms with E-state index in [4.69, 9.17) is 4.74 Å². The molecule has 0 spiro atoms. The van der Waals surface area contributed by atoms with Crippen molar-refractivity contribution in [3.8, 4) is 11.8 Å². The molecule has 1 aliphatic carbocycles. The molecule has 0 atom stereocenters. The number of anilines is 1. The number of benzene rings is 1. The number of ketones is 1. The molecule has 1 fully saturated rings. The Morgan fingerprint density at radius 1 is 1.31 bits per heavy atom. The Kier molecular flexibility index (Phi) is 7.46. The summed E-state index contributed by atoms with van der Waals surface area (Å²) in [6, 6.07) is 5.56. The fourth-order valence-corrected chi connectivity index (χ4v) is 5.00. The van der Waals surface area contributed by atoms with E-state index in [9.17, 15) is 10.1 Å². The van der Waals surface area contributed by atoms with Crippen molar-refractivity contribution in [1.29, 1.82) is 5.26 Å². The van der Waals surface area contributed by atoms with E-state index in [0.29, 0.717) is 47.4 Å². The third-order valence-electron chi connectivity index (χ3n) is 7.03. The summed E-state index contributed by atoms with van der Waals surface area (Å²) in [5.41, 5.74) is 2.69. The van der Waals surface area contributed by atoms with E-state index in [2.05, 4.69) is 40.1 Å². The average molecular weight is 478 g/mol. The lowest BCUT2D eigenvalue weighted by Gasteiger charge is -2.34. The van der Waals surface area contributed by atoms with Crippen LogP contribution in [0.5, 0.6) is 5.75 Å². The van der Waals surface area contributed by atoms with Crippen molar-refractivity contribution >= 4 is 17.2 Å².